The zero-order valence-corrected chi connectivity index (χ0v) is 10.0. The minimum absolute atomic E-state index is 0.243. The molecule has 0 atom stereocenters. The molecular weight excluding hydrogens is 286 g/mol. The van der Waals surface area contributed by atoms with Gasteiger partial charge < -0.3 is 10.6 Å². The molecular formula is C10H9F4N3O3. The lowest BCUT2D eigenvalue weighted by Gasteiger charge is -2.10. The molecule has 6 nitrogen and oxygen atoms in total. The molecule has 0 fully saturated rings. The number of rotatable bonds is 4. The predicted octanol–water partition coefficient (Wildman–Crippen LogP) is 2.07. The first-order chi connectivity index (χ1) is 9.15. The summed E-state index contributed by atoms with van der Waals surface area (Å²) < 4.78 is 49.3. The number of carbonyl (C=O) groups excluding carboxylic acids is 1. The molecule has 2 N–H and O–H groups in total. The molecule has 0 heterocycles. The lowest BCUT2D eigenvalue weighted by Crippen LogP contribution is -2.34. The van der Waals surface area contributed by atoms with Gasteiger partial charge >= 0.3 is 6.18 Å². The molecule has 0 radical (unpaired) electrons. The van der Waals surface area contributed by atoms with Crippen molar-refractivity contribution in [1.29, 1.82) is 0 Å². The summed E-state index contributed by atoms with van der Waals surface area (Å²) in [6.45, 7) is -1.64. The second kappa shape index (κ2) is 5.72. The highest BCUT2D eigenvalue weighted by Crippen LogP contribution is 2.26. The Morgan fingerprint density at radius 3 is 2.45 bits per heavy atom. The third kappa shape index (κ3) is 3.80. The summed E-state index contributed by atoms with van der Waals surface area (Å²) in [6.07, 6.45) is -4.66. The fourth-order valence-electron chi connectivity index (χ4n) is 1.36. The van der Waals surface area contributed by atoms with Crippen LogP contribution >= 0.6 is 0 Å². The van der Waals surface area contributed by atoms with Gasteiger partial charge in [0.25, 0.3) is 11.6 Å². The van der Waals surface area contributed by atoms with Crippen LogP contribution in [0.15, 0.2) is 12.1 Å². The molecule has 0 unspecified atom stereocenters. The second-order valence-electron chi connectivity index (χ2n) is 3.65. The van der Waals surface area contributed by atoms with E-state index in [0.29, 0.717) is 6.07 Å². The molecule has 0 saturated carbocycles. The fourth-order valence-corrected chi connectivity index (χ4v) is 1.36. The number of hydrogen-bond acceptors (Lipinski definition) is 4. The molecule has 0 saturated heterocycles. The quantitative estimate of drug-likeness (QED) is 0.506. The molecule has 20 heavy (non-hydrogen) atoms. The third-order valence-corrected chi connectivity index (χ3v) is 2.25. The summed E-state index contributed by atoms with van der Waals surface area (Å²) in [5.41, 5.74) is -1.82. The van der Waals surface area contributed by atoms with Gasteiger partial charge in [-0.2, -0.15) is 13.2 Å². The third-order valence-electron chi connectivity index (χ3n) is 2.25. The molecule has 0 aliphatic heterocycles. The van der Waals surface area contributed by atoms with Gasteiger partial charge in [-0.05, 0) is 6.07 Å². The Morgan fingerprint density at radius 2 is 2.00 bits per heavy atom. The monoisotopic (exact) mass is 295 g/mol. The molecule has 1 amide bonds. The van der Waals surface area contributed by atoms with Crippen molar-refractivity contribution in [1.82, 2.24) is 5.32 Å². The highest BCUT2D eigenvalue weighted by molar-refractivity contribution is 5.99. The molecule has 10 heteroatoms. The zero-order chi connectivity index (χ0) is 15.5. The Labute approximate surface area is 109 Å². The number of nitrogens with zero attached hydrogens (tertiary/aromatic N) is 1. The maximum absolute atomic E-state index is 13.4. The van der Waals surface area contributed by atoms with Crippen molar-refractivity contribution in [3.63, 3.8) is 0 Å². The van der Waals surface area contributed by atoms with Gasteiger partial charge in [0.2, 0.25) is 0 Å². The summed E-state index contributed by atoms with van der Waals surface area (Å²) in [4.78, 5) is 21.2. The van der Waals surface area contributed by atoms with Gasteiger partial charge in [0.05, 0.1) is 16.7 Å². The highest BCUT2D eigenvalue weighted by Gasteiger charge is 2.30. The van der Waals surface area contributed by atoms with Crippen LogP contribution in [0.5, 0.6) is 0 Å². The molecule has 110 valence electrons. The van der Waals surface area contributed by atoms with Gasteiger partial charge in [0.1, 0.15) is 12.1 Å². The molecule has 1 rings (SSSR count). The normalized spacial score (nSPS) is 11.1. The minimum atomic E-state index is -4.66. The maximum atomic E-state index is 13.4. The molecule has 1 aromatic rings. The van der Waals surface area contributed by atoms with Crippen molar-refractivity contribution in [2.24, 2.45) is 0 Å². The minimum Gasteiger partial charge on any atom is -0.386 e. The van der Waals surface area contributed by atoms with Crippen LogP contribution in [0.4, 0.5) is 28.9 Å². The van der Waals surface area contributed by atoms with E-state index < -0.39 is 40.6 Å². The summed E-state index contributed by atoms with van der Waals surface area (Å²) in [6, 6.07) is 1.24. The summed E-state index contributed by atoms with van der Waals surface area (Å²) in [5, 5.41) is 14.5. The first kappa shape index (κ1) is 15.7. The van der Waals surface area contributed by atoms with Crippen molar-refractivity contribution in [2.75, 3.05) is 18.9 Å². The number of benzene rings is 1. The van der Waals surface area contributed by atoms with E-state index in [1.54, 1.807) is 0 Å². The molecule has 0 bridgehead atoms. The van der Waals surface area contributed by atoms with E-state index in [2.05, 4.69) is 5.32 Å². The SMILES string of the molecule is CNc1cc(C(=O)NCC(F)(F)F)c([N+](=O)[O-])cc1F. The van der Waals surface area contributed by atoms with Crippen LogP contribution < -0.4 is 10.6 Å². The van der Waals surface area contributed by atoms with E-state index in [1.165, 1.54) is 12.4 Å². The van der Waals surface area contributed by atoms with Crippen LogP contribution in [0.25, 0.3) is 0 Å². The van der Waals surface area contributed by atoms with Crippen LogP contribution in [0, 0.1) is 15.9 Å². The highest BCUT2D eigenvalue weighted by atomic mass is 19.4. The van der Waals surface area contributed by atoms with Gasteiger partial charge in [-0.25, -0.2) is 4.39 Å². The lowest BCUT2D eigenvalue weighted by molar-refractivity contribution is -0.385. The fraction of sp³-hybridized carbons (Fsp3) is 0.300. The number of amides is 1. The van der Waals surface area contributed by atoms with Crippen LogP contribution in [0.1, 0.15) is 10.4 Å². The predicted molar refractivity (Wildman–Crippen MR) is 61.0 cm³/mol. The number of anilines is 1. The van der Waals surface area contributed by atoms with Gasteiger partial charge in [-0.15, -0.1) is 0 Å². The van der Waals surface area contributed by atoms with Gasteiger partial charge in [-0.3, -0.25) is 14.9 Å². The summed E-state index contributed by atoms with van der Waals surface area (Å²) in [5.74, 6) is -2.31. The lowest BCUT2D eigenvalue weighted by atomic mass is 10.1. The van der Waals surface area contributed by atoms with Crippen LogP contribution in [-0.4, -0.2) is 30.6 Å². The Hall–Kier alpha value is -2.39. The standard InChI is InChI=1S/C10H9F4N3O3/c1-15-7-2-5(8(17(19)20)3-6(7)11)9(18)16-4-10(12,13)14/h2-3,15H,4H2,1H3,(H,16,18). The number of hydrogen-bond donors (Lipinski definition) is 2. The smallest absolute Gasteiger partial charge is 0.386 e. The van der Waals surface area contributed by atoms with E-state index in [9.17, 15) is 32.5 Å². The van der Waals surface area contributed by atoms with Gasteiger partial charge in [0.15, 0.2) is 5.82 Å². The Balaban J connectivity index is 3.14. The average Bonchev–Trinajstić information content (AvgIpc) is 2.34. The van der Waals surface area contributed by atoms with E-state index >= 15 is 0 Å². The largest absolute Gasteiger partial charge is 0.405 e. The molecule has 0 spiro atoms. The van der Waals surface area contributed by atoms with Crippen molar-refractivity contribution in [2.45, 2.75) is 6.18 Å². The van der Waals surface area contributed by atoms with Crippen LogP contribution in [-0.2, 0) is 0 Å². The average molecular weight is 295 g/mol. The maximum Gasteiger partial charge on any atom is 0.405 e. The number of nitrogens with one attached hydrogen (secondary N) is 2. The topological polar surface area (TPSA) is 84.3 Å². The summed E-state index contributed by atoms with van der Waals surface area (Å²) in [7, 11) is 1.29. The molecule has 0 aliphatic carbocycles. The Morgan fingerprint density at radius 1 is 1.40 bits per heavy atom. The molecule has 1 aromatic carbocycles. The second-order valence-corrected chi connectivity index (χ2v) is 3.65. The van der Waals surface area contributed by atoms with Gasteiger partial charge in [0, 0.05) is 7.05 Å². The molecule has 0 aromatic heterocycles. The number of alkyl halides is 3. The first-order valence-electron chi connectivity index (χ1n) is 5.16. The van der Waals surface area contributed by atoms with Crippen molar-refractivity contribution in [3.05, 3.63) is 33.6 Å². The van der Waals surface area contributed by atoms with E-state index in [-0.39, 0.29) is 5.69 Å². The number of halogens is 4. The van der Waals surface area contributed by atoms with Crippen molar-refractivity contribution >= 4 is 17.3 Å². The Bertz CT molecular complexity index is 545. The molecule has 0 aliphatic rings. The van der Waals surface area contributed by atoms with E-state index in [4.69, 9.17) is 0 Å². The number of nitro benzene ring substituents is 1. The van der Waals surface area contributed by atoms with Crippen molar-refractivity contribution < 1.29 is 27.3 Å². The van der Waals surface area contributed by atoms with Crippen LogP contribution in [0.3, 0.4) is 0 Å². The number of nitro groups is 1. The van der Waals surface area contributed by atoms with Crippen LogP contribution in [0.2, 0.25) is 0 Å². The zero-order valence-electron chi connectivity index (χ0n) is 10.0. The van der Waals surface area contributed by atoms with Crippen molar-refractivity contribution in [3.8, 4) is 0 Å². The first-order valence-corrected chi connectivity index (χ1v) is 5.16. The van der Waals surface area contributed by atoms with E-state index in [1.807, 2.05) is 0 Å². The number of carbonyl (C=O) groups is 1. The Kier molecular flexibility index (Phi) is 4.48. The van der Waals surface area contributed by atoms with Gasteiger partial charge in [-0.1, -0.05) is 0 Å². The summed E-state index contributed by atoms with van der Waals surface area (Å²) >= 11 is 0. The van der Waals surface area contributed by atoms with E-state index in [0.717, 1.165) is 6.07 Å².